The Morgan fingerprint density at radius 1 is 1.28 bits per heavy atom. The molecule has 0 aliphatic rings. The summed E-state index contributed by atoms with van der Waals surface area (Å²) in [5.74, 6) is 1.53. The normalized spacial score (nSPS) is 10.4. The van der Waals surface area contributed by atoms with Crippen LogP contribution < -0.4 is 4.74 Å². The Morgan fingerprint density at radius 3 is 2.50 bits per heavy atom. The number of rotatable bonds is 3. The van der Waals surface area contributed by atoms with Crippen molar-refractivity contribution in [2.45, 2.75) is 20.8 Å². The van der Waals surface area contributed by atoms with Crippen LogP contribution in [0.4, 0.5) is 0 Å². The number of benzene rings is 1. The fraction of sp³-hybridized carbons (Fsp3) is 0.286. The fourth-order valence-corrected chi connectivity index (χ4v) is 1.87. The Labute approximate surface area is 106 Å². The van der Waals surface area contributed by atoms with E-state index in [1.54, 1.807) is 10.7 Å². The van der Waals surface area contributed by atoms with Gasteiger partial charge in [0.1, 0.15) is 17.7 Å². The van der Waals surface area contributed by atoms with Gasteiger partial charge in [-0.3, -0.25) is 9.48 Å². The lowest BCUT2D eigenvalue weighted by molar-refractivity contribution is 0.112. The summed E-state index contributed by atoms with van der Waals surface area (Å²) in [4.78, 5) is 10.7. The number of nitrogens with zero attached hydrogens (tertiary/aromatic N) is 2. The van der Waals surface area contributed by atoms with Crippen molar-refractivity contribution in [2.24, 2.45) is 7.05 Å². The Hall–Kier alpha value is -2.10. The first kappa shape index (κ1) is 12.4. The summed E-state index contributed by atoms with van der Waals surface area (Å²) >= 11 is 0. The molecule has 1 aromatic carbocycles. The predicted octanol–water partition coefficient (Wildman–Crippen LogP) is 2.95. The van der Waals surface area contributed by atoms with Gasteiger partial charge >= 0.3 is 0 Å². The van der Waals surface area contributed by atoms with Gasteiger partial charge in [0, 0.05) is 12.6 Å². The molecule has 0 unspecified atom stereocenters. The quantitative estimate of drug-likeness (QED) is 0.780. The standard InChI is InChI=1S/C14H16N2O2/c1-9-7-12(8-17)5-6-13(9)18-14-10(2)15-16(4)11(14)3/h5-8H,1-4H3. The molecule has 1 heterocycles. The molecule has 0 fully saturated rings. The van der Waals surface area contributed by atoms with E-state index in [4.69, 9.17) is 4.74 Å². The summed E-state index contributed by atoms with van der Waals surface area (Å²) in [6, 6.07) is 5.37. The molecule has 2 rings (SSSR count). The van der Waals surface area contributed by atoms with Gasteiger partial charge in [-0.05, 0) is 44.5 Å². The van der Waals surface area contributed by atoms with Gasteiger partial charge in [-0.25, -0.2) is 0 Å². The monoisotopic (exact) mass is 244 g/mol. The molecule has 1 aromatic heterocycles. The van der Waals surface area contributed by atoms with E-state index in [1.165, 1.54) is 0 Å². The molecule has 18 heavy (non-hydrogen) atoms. The Balaban J connectivity index is 2.37. The van der Waals surface area contributed by atoms with Crippen molar-refractivity contribution in [1.82, 2.24) is 9.78 Å². The number of aldehydes is 1. The van der Waals surface area contributed by atoms with E-state index in [2.05, 4.69) is 5.10 Å². The largest absolute Gasteiger partial charge is 0.453 e. The molecular formula is C14H16N2O2. The number of ether oxygens (including phenoxy) is 1. The fourth-order valence-electron chi connectivity index (χ4n) is 1.87. The minimum Gasteiger partial charge on any atom is -0.453 e. The number of carbonyl (C=O) groups excluding carboxylic acids is 1. The van der Waals surface area contributed by atoms with Crippen molar-refractivity contribution in [2.75, 3.05) is 0 Å². The molecular weight excluding hydrogens is 228 g/mol. The number of aromatic nitrogens is 2. The lowest BCUT2D eigenvalue weighted by atomic mass is 10.1. The Bertz CT molecular complexity index is 600. The zero-order valence-corrected chi connectivity index (χ0v) is 11.0. The smallest absolute Gasteiger partial charge is 0.171 e. The molecule has 0 amide bonds. The number of aryl methyl sites for hydroxylation is 3. The van der Waals surface area contributed by atoms with Crippen molar-refractivity contribution in [3.8, 4) is 11.5 Å². The summed E-state index contributed by atoms with van der Waals surface area (Å²) in [5, 5.41) is 4.31. The van der Waals surface area contributed by atoms with Gasteiger partial charge in [-0.1, -0.05) is 0 Å². The van der Waals surface area contributed by atoms with Crippen LogP contribution in [0.25, 0.3) is 0 Å². The summed E-state index contributed by atoms with van der Waals surface area (Å²) in [7, 11) is 1.89. The molecule has 0 radical (unpaired) electrons. The van der Waals surface area contributed by atoms with E-state index in [-0.39, 0.29) is 0 Å². The summed E-state index contributed by atoms with van der Waals surface area (Å²) in [6.45, 7) is 5.80. The highest BCUT2D eigenvalue weighted by atomic mass is 16.5. The highest BCUT2D eigenvalue weighted by Gasteiger charge is 2.12. The summed E-state index contributed by atoms with van der Waals surface area (Å²) in [5.41, 5.74) is 3.42. The van der Waals surface area contributed by atoms with Crippen LogP contribution in [-0.2, 0) is 7.05 Å². The molecule has 4 heteroatoms. The number of hydrogen-bond donors (Lipinski definition) is 0. The third-order valence-corrected chi connectivity index (χ3v) is 2.99. The molecule has 0 N–H and O–H groups in total. The molecule has 0 saturated heterocycles. The predicted molar refractivity (Wildman–Crippen MR) is 69.3 cm³/mol. The average Bonchev–Trinajstić information content (AvgIpc) is 2.58. The van der Waals surface area contributed by atoms with Gasteiger partial charge in [0.2, 0.25) is 0 Å². The van der Waals surface area contributed by atoms with Gasteiger partial charge in [0.05, 0.1) is 5.69 Å². The van der Waals surface area contributed by atoms with Gasteiger partial charge in [0.25, 0.3) is 0 Å². The third-order valence-electron chi connectivity index (χ3n) is 2.99. The molecule has 4 nitrogen and oxygen atoms in total. The third kappa shape index (κ3) is 2.14. The second-order valence-electron chi connectivity index (χ2n) is 4.37. The summed E-state index contributed by atoms with van der Waals surface area (Å²) in [6.07, 6.45) is 0.831. The van der Waals surface area contributed by atoms with Crippen LogP contribution in [0.3, 0.4) is 0 Å². The van der Waals surface area contributed by atoms with Crippen LogP contribution in [-0.4, -0.2) is 16.1 Å². The Kier molecular flexibility index (Phi) is 3.19. The SMILES string of the molecule is Cc1cc(C=O)ccc1Oc1c(C)nn(C)c1C. The lowest BCUT2D eigenvalue weighted by Crippen LogP contribution is -1.94. The van der Waals surface area contributed by atoms with Crippen molar-refractivity contribution < 1.29 is 9.53 Å². The van der Waals surface area contributed by atoms with Crippen molar-refractivity contribution >= 4 is 6.29 Å². The second-order valence-corrected chi connectivity index (χ2v) is 4.37. The first-order valence-corrected chi connectivity index (χ1v) is 5.77. The molecule has 0 bridgehead atoms. The highest BCUT2D eigenvalue weighted by Crippen LogP contribution is 2.30. The maximum Gasteiger partial charge on any atom is 0.171 e. The average molecular weight is 244 g/mol. The van der Waals surface area contributed by atoms with E-state index < -0.39 is 0 Å². The molecule has 0 aliphatic carbocycles. The zero-order valence-electron chi connectivity index (χ0n) is 11.0. The minimum atomic E-state index is 0.652. The van der Waals surface area contributed by atoms with Crippen LogP contribution in [0.1, 0.15) is 27.3 Å². The molecule has 94 valence electrons. The van der Waals surface area contributed by atoms with E-state index >= 15 is 0 Å². The van der Waals surface area contributed by atoms with E-state index in [0.717, 1.165) is 34.7 Å². The molecule has 0 saturated carbocycles. The molecule has 0 spiro atoms. The highest BCUT2D eigenvalue weighted by molar-refractivity contribution is 5.75. The van der Waals surface area contributed by atoms with E-state index in [0.29, 0.717) is 5.56 Å². The van der Waals surface area contributed by atoms with Crippen LogP contribution in [0.5, 0.6) is 11.5 Å². The van der Waals surface area contributed by atoms with Crippen molar-refractivity contribution in [1.29, 1.82) is 0 Å². The Morgan fingerprint density at radius 2 is 2.00 bits per heavy atom. The summed E-state index contributed by atoms with van der Waals surface area (Å²) < 4.78 is 7.68. The molecule has 0 atom stereocenters. The van der Waals surface area contributed by atoms with Crippen LogP contribution >= 0.6 is 0 Å². The number of hydrogen-bond acceptors (Lipinski definition) is 3. The topological polar surface area (TPSA) is 44.1 Å². The molecule has 0 aliphatic heterocycles. The van der Waals surface area contributed by atoms with E-state index in [9.17, 15) is 4.79 Å². The van der Waals surface area contributed by atoms with Gasteiger partial charge < -0.3 is 4.74 Å². The van der Waals surface area contributed by atoms with Gasteiger partial charge in [-0.2, -0.15) is 5.10 Å². The first-order valence-electron chi connectivity index (χ1n) is 5.77. The second kappa shape index (κ2) is 4.64. The minimum absolute atomic E-state index is 0.652. The van der Waals surface area contributed by atoms with E-state index in [1.807, 2.05) is 40.0 Å². The maximum absolute atomic E-state index is 10.7. The van der Waals surface area contributed by atoms with Crippen LogP contribution in [0.15, 0.2) is 18.2 Å². The maximum atomic E-state index is 10.7. The van der Waals surface area contributed by atoms with Gasteiger partial charge in [-0.15, -0.1) is 0 Å². The van der Waals surface area contributed by atoms with Crippen LogP contribution in [0, 0.1) is 20.8 Å². The van der Waals surface area contributed by atoms with Crippen molar-refractivity contribution in [3.05, 3.63) is 40.7 Å². The molecule has 2 aromatic rings. The number of carbonyl (C=O) groups is 1. The lowest BCUT2D eigenvalue weighted by Gasteiger charge is -2.09. The van der Waals surface area contributed by atoms with Crippen molar-refractivity contribution in [3.63, 3.8) is 0 Å². The zero-order chi connectivity index (χ0) is 13.3. The van der Waals surface area contributed by atoms with Gasteiger partial charge in [0.15, 0.2) is 5.75 Å². The first-order chi connectivity index (χ1) is 8.52. The van der Waals surface area contributed by atoms with Crippen LogP contribution in [0.2, 0.25) is 0 Å².